The summed E-state index contributed by atoms with van der Waals surface area (Å²) >= 11 is 0. The van der Waals surface area contributed by atoms with Gasteiger partial charge in [0.2, 0.25) is 0 Å². The first-order valence-electron chi connectivity index (χ1n) is 29.0. The molecule has 4 heterocycles. The lowest BCUT2D eigenvalue weighted by Gasteiger charge is -2.72. The zero-order valence-corrected chi connectivity index (χ0v) is 48.1. The molecule has 9 aliphatic rings. The number of hydrogen-bond donors (Lipinski definition) is 14. The third-order valence-electron chi connectivity index (χ3n) is 21.9. The van der Waals surface area contributed by atoms with E-state index in [9.17, 15) is 85.9 Å². The summed E-state index contributed by atoms with van der Waals surface area (Å²) in [6.07, 6.45) is -32.2. The van der Waals surface area contributed by atoms with E-state index in [4.69, 9.17) is 42.6 Å². The number of rotatable bonds is 14. The Balaban J connectivity index is 1.04. The fourth-order valence-electron chi connectivity index (χ4n) is 16.7. The van der Waals surface area contributed by atoms with Crippen LogP contribution in [0, 0.1) is 50.2 Å². The molecule has 26 heteroatoms. The number of carboxylic acid groups (broad SMARTS) is 1. The Morgan fingerprint density at radius 1 is 0.687 bits per heavy atom. The molecule has 0 aromatic rings. The number of carbonyl (C=O) groups excluding carboxylic acids is 2. The van der Waals surface area contributed by atoms with Gasteiger partial charge < -0.3 is 119 Å². The molecule has 472 valence electrons. The van der Waals surface area contributed by atoms with Gasteiger partial charge in [-0.25, -0.2) is 9.59 Å². The van der Waals surface area contributed by atoms with E-state index >= 15 is 0 Å². The summed E-state index contributed by atoms with van der Waals surface area (Å²) in [4.78, 5) is 40.4. The highest BCUT2D eigenvalue weighted by Gasteiger charge is 2.73. The number of esters is 1. The van der Waals surface area contributed by atoms with E-state index in [0.717, 1.165) is 11.9 Å². The van der Waals surface area contributed by atoms with Gasteiger partial charge in [-0.15, -0.1) is 0 Å². The molecule has 30 atom stereocenters. The van der Waals surface area contributed by atoms with Crippen LogP contribution in [0.1, 0.15) is 100 Å². The highest BCUT2D eigenvalue weighted by Crippen LogP contribution is 2.76. The average molecular weight is 1190 g/mol. The van der Waals surface area contributed by atoms with Crippen LogP contribution in [-0.4, -0.2) is 251 Å². The second-order valence-corrected chi connectivity index (χ2v) is 26.7. The summed E-state index contributed by atoms with van der Waals surface area (Å²) in [5.41, 5.74) is -4.21. The molecule has 14 N–H and O–H groups in total. The van der Waals surface area contributed by atoms with Crippen LogP contribution >= 0.6 is 0 Å². The second kappa shape index (κ2) is 23.6. The third kappa shape index (κ3) is 10.4. The number of fused-ring (bicyclic) bond motifs is 7. The molecule has 26 nitrogen and oxygen atoms in total. The third-order valence-corrected chi connectivity index (χ3v) is 21.9. The van der Waals surface area contributed by atoms with Gasteiger partial charge in [-0.2, -0.15) is 0 Å². The predicted octanol–water partition coefficient (Wildman–Crippen LogP) is -2.58. The van der Waals surface area contributed by atoms with E-state index in [2.05, 4.69) is 26.8 Å². The zero-order chi connectivity index (χ0) is 61.0. The van der Waals surface area contributed by atoms with Gasteiger partial charge in [0.05, 0.1) is 49.5 Å². The van der Waals surface area contributed by atoms with Crippen LogP contribution in [0.5, 0.6) is 0 Å². The normalized spacial score (nSPS) is 52.6. The minimum atomic E-state index is -2.27. The Hall–Kier alpha value is -2.75. The summed E-state index contributed by atoms with van der Waals surface area (Å²) in [6, 6.07) is 0. The molecule has 4 saturated carbocycles. The lowest BCUT2D eigenvalue weighted by atomic mass is 9.33. The number of carbonyl (C=O) groups is 3. The van der Waals surface area contributed by atoms with Crippen LogP contribution in [0.25, 0.3) is 0 Å². The molecular formula is C57H88O26. The van der Waals surface area contributed by atoms with Gasteiger partial charge >= 0.3 is 11.9 Å². The van der Waals surface area contributed by atoms with E-state index < -0.39 is 218 Å². The van der Waals surface area contributed by atoms with Gasteiger partial charge in [0.25, 0.3) is 0 Å². The molecule has 0 spiro atoms. The summed E-state index contributed by atoms with van der Waals surface area (Å²) in [7, 11) is 0. The molecule has 5 aliphatic carbocycles. The molecule has 0 aromatic heterocycles. The van der Waals surface area contributed by atoms with Crippen molar-refractivity contribution in [3.63, 3.8) is 0 Å². The van der Waals surface area contributed by atoms with E-state index in [-0.39, 0.29) is 18.8 Å². The molecule has 83 heavy (non-hydrogen) atoms. The number of allylic oxidation sites excluding steroid dienone is 3. The Labute approximate surface area is 480 Å². The molecule has 0 radical (unpaired) electrons. The molecule has 4 aliphatic heterocycles. The van der Waals surface area contributed by atoms with Gasteiger partial charge in [-0.05, 0) is 92.8 Å². The lowest BCUT2D eigenvalue weighted by Crippen LogP contribution is -2.72. The van der Waals surface area contributed by atoms with Gasteiger partial charge in [0.15, 0.2) is 31.3 Å². The van der Waals surface area contributed by atoms with Crippen LogP contribution in [0.15, 0.2) is 23.3 Å². The van der Waals surface area contributed by atoms with Gasteiger partial charge in [-0.3, -0.25) is 0 Å². The maximum absolute atomic E-state index is 14.1. The number of aliphatic carboxylic acids is 1. The fourth-order valence-corrected chi connectivity index (χ4v) is 16.7. The topological polar surface area (TPSA) is 418 Å². The molecule has 0 bridgehead atoms. The predicted molar refractivity (Wildman–Crippen MR) is 279 cm³/mol. The Morgan fingerprint density at radius 2 is 1.31 bits per heavy atom. The fraction of sp³-hybridized carbons (Fsp3) is 0.877. The maximum Gasteiger partial charge on any atom is 0.335 e. The van der Waals surface area contributed by atoms with Crippen molar-refractivity contribution < 1.29 is 129 Å². The number of ether oxygens (including phenoxy) is 9. The van der Waals surface area contributed by atoms with Crippen molar-refractivity contribution in [2.45, 2.75) is 235 Å². The van der Waals surface area contributed by atoms with Gasteiger partial charge in [-0.1, -0.05) is 59.3 Å². The Bertz CT molecular complexity index is 2420. The largest absolute Gasteiger partial charge is 0.479 e. The minimum absolute atomic E-state index is 0.128. The lowest BCUT2D eigenvalue weighted by molar-refractivity contribution is -0.398. The Morgan fingerprint density at radius 3 is 1.94 bits per heavy atom. The van der Waals surface area contributed by atoms with Crippen LogP contribution in [0.3, 0.4) is 0 Å². The first kappa shape index (κ1) is 64.7. The molecule has 9 rings (SSSR count). The zero-order valence-electron chi connectivity index (χ0n) is 48.1. The van der Waals surface area contributed by atoms with E-state index in [1.54, 1.807) is 26.8 Å². The highest BCUT2D eigenvalue weighted by molar-refractivity contribution is 5.87. The first-order valence-corrected chi connectivity index (χ1v) is 29.0. The molecule has 4 saturated heterocycles. The van der Waals surface area contributed by atoms with Crippen molar-refractivity contribution in [1.29, 1.82) is 0 Å². The van der Waals surface area contributed by atoms with Gasteiger partial charge in [0.1, 0.15) is 97.8 Å². The highest BCUT2D eigenvalue weighted by atomic mass is 16.8. The minimum Gasteiger partial charge on any atom is -0.479 e. The molecule has 0 unspecified atom stereocenters. The van der Waals surface area contributed by atoms with E-state index in [1.165, 1.54) is 0 Å². The van der Waals surface area contributed by atoms with Crippen molar-refractivity contribution in [2.24, 2.45) is 50.2 Å². The summed E-state index contributed by atoms with van der Waals surface area (Å²) in [5.74, 6) is -3.45. The standard InChI is InChI=1S/C57H88O26/c1-9-23(2)47(74)83-45-44(71)57(22-60)25(16-52(45,3)4)24-10-11-30-53(5)14-13-32(54(6,21-59)29(53)12-15-55(30,7)56(24,8)17-31(57)63)78-51-43(82-49-38(69)36(67)35(66)28(18-58)77-49)40(39(70)41(80-51)46(72)73)79-50-42(34(65)27(62)20-76-50)81-48-37(68)33(64)26(61)19-75-48/h9-10,21,25-45,48-51,58,60-71H,11-20,22H2,1-8H3,(H,72,73)/t25-,26+,27-,28+,29+,30+,31+,32-,33-,34-,35-,36-,37+,38+,39-,40-,41-,42+,43+,44-,45-,48-,49-,50-,51+,53-,54-,55+,56+,57-/m0/s1. The molecule has 0 amide bonds. The van der Waals surface area contributed by atoms with Crippen molar-refractivity contribution in [2.75, 3.05) is 26.4 Å². The van der Waals surface area contributed by atoms with Crippen LogP contribution in [0.4, 0.5) is 0 Å². The quantitative estimate of drug-likeness (QED) is 0.0279. The summed E-state index contributed by atoms with van der Waals surface area (Å²) in [5, 5.41) is 155. The van der Waals surface area contributed by atoms with Crippen molar-refractivity contribution in [3.05, 3.63) is 23.3 Å². The van der Waals surface area contributed by atoms with E-state index in [0.29, 0.717) is 37.7 Å². The summed E-state index contributed by atoms with van der Waals surface area (Å²) < 4.78 is 54.1. The summed E-state index contributed by atoms with van der Waals surface area (Å²) in [6.45, 7) is 12.7. The van der Waals surface area contributed by atoms with E-state index in [1.807, 2.05) is 13.8 Å². The maximum atomic E-state index is 14.1. The SMILES string of the molecule is CC=C(C)C(=O)O[C@H]1[C@H](O)[C@]2(CO)[C@H](O)C[C@]3(C)C(=CC[C@@H]4[C@@]5(C)CC[C@H](O[C@@H]6O[C@H](C(=O)O)[C@@H](O)[C@H](O[C@@H]7OC[C@H](O)[C@H](O)[C@H]7O[C@@H]7OC[C@@H](O)[C@H](O)[C@H]7O)[C@H]6O[C@@H]6O[C@H](CO)[C@H](O)[C@H](O)[C@H]6O)[C@@](C)(C=O)[C@@H]5CC[C@]43C)[C@@H]2CC1(C)C. The smallest absolute Gasteiger partial charge is 0.335 e. The van der Waals surface area contributed by atoms with Crippen LogP contribution in [0.2, 0.25) is 0 Å². The first-order chi connectivity index (χ1) is 38.9. The number of hydrogen-bond acceptors (Lipinski definition) is 25. The van der Waals surface area contributed by atoms with Crippen molar-refractivity contribution >= 4 is 18.2 Å². The number of aliphatic hydroxyl groups is 13. The van der Waals surface area contributed by atoms with Crippen LogP contribution in [-0.2, 0) is 57.0 Å². The molecule has 8 fully saturated rings. The monoisotopic (exact) mass is 1190 g/mol. The van der Waals surface area contributed by atoms with Crippen LogP contribution < -0.4 is 0 Å². The number of aliphatic hydroxyl groups excluding tert-OH is 13. The second-order valence-electron chi connectivity index (χ2n) is 26.7. The number of aldehydes is 1. The molecule has 0 aromatic carbocycles. The Kier molecular flexibility index (Phi) is 18.4. The van der Waals surface area contributed by atoms with Crippen molar-refractivity contribution in [1.82, 2.24) is 0 Å². The van der Waals surface area contributed by atoms with Crippen molar-refractivity contribution in [3.8, 4) is 0 Å². The van der Waals surface area contributed by atoms with Gasteiger partial charge in [0, 0.05) is 11.0 Å². The molecular weight excluding hydrogens is 1100 g/mol. The average Bonchev–Trinajstić information content (AvgIpc) is 0.730. The number of carboxylic acids is 1.